The molecule has 0 spiro atoms. The summed E-state index contributed by atoms with van der Waals surface area (Å²) in [6.45, 7) is 2.07. The van der Waals surface area contributed by atoms with Gasteiger partial charge in [-0.3, -0.25) is 4.79 Å². The number of nitrogens with zero attached hydrogens (tertiary/aromatic N) is 2. The lowest BCUT2D eigenvalue weighted by molar-refractivity contribution is 0.0258. The molecule has 0 unspecified atom stereocenters. The molecular weight excluding hydrogens is 506 g/mol. The average molecular weight is 531 g/mol. The van der Waals surface area contributed by atoms with E-state index < -0.39 is 23.8 Å². The molecule has 6 rings (SSSR count). The van der Waals surface area contributed by atoms with E-state index in [2.05, 4.69) is 19.9 Å². The number of hydrogen-bond acceptors (Lipinski definition) is 6. The van der Waals surface area contributed by atoms with Gasteiger partial charge < -0.3 is 24.5 Å². The average Bonchev–Trinajstić information content (AvgIpc) is 3.52. The lowest BCUT2D eigenvalue weighted by atomic mass is 9.98. The standard InChI is InChI=1S/C29H24F2N4O4/c1-2-21-27(37)22(14-38-21)39-29-33-20-13-19(30)24(25(31)26(20)35-29)17-7-3-15(4-8-17)16-5-9-18(10-6-16)28-32-12-11-23(36)34-28/h3-13,21-22,27,37H,2,14H2,1H3,(H,33,35)(H,32,34,36)/t21-,22-,27-/m1/s1. The van der Waals surface area contributed by atoms with Gasteiger partial charge in [0, 0.05) is 23.9 Å². The van der Waals surface area contributed by atoms with Gasteiger partial charge in [0.15, 0.2) is 11.9 Å². The molecule has 1 fully saturated rings. The predicted molar refractivity (Wildman–Crippen MR) is 141 cm³/mol. The van der Waals surface area contributed by atoms with Gasteiger partial charge >= 0.3 is 0 Å². The number of fused-ring (bicyclic) bond motifs is 1. The van der Waals surface area contributed by atoms with E-state index in [0.29, 0.717) is 17.8 Å². The van der Waals surface area contributed by atoms with Gasteiger partial charge in [0.1, 0.15) is 23.3 Å². The van der Waals surface area contributed by atoms with Crippen LogP contribution in [0.15, 0.2) is 71.7 Å². The number of benzene rings is 3. The number of aliphatic hydroxyl groups excluding tert-OH is 1. The van der Waals surface area contributed by atoms with Crippen LogP contribution in [0.25, 0.3) is 44.7 Å². The highest BCUT2D eigenvalue weighted by molar-refractivity contribution is 5.84. The van der Waals surface area contributed by atoms with Gasteiger partial charge in [-0.25, -0.2) is 13.8 Å². The lowest BCUT2D eigenvalue weighted by Gasteiger charge is -2.15. The number of rotatable bonds is 6. The number of ether oxygens (including phenoxy) is 2. The van der Waals surface area contributed by atoms with Gasteiger partial charge in [-0.15, -0.1) is 0 Å². The van der Waals surface area contributed by atoms with E-state index in [-0.39, 0.29) is 40.9 Å². The Morgan fingerprint density at radius 2 is 1.67 bits per heavy atom. The molecule has 8 nitrogen and oxygen atoms in total. The minimum atomic E-state index is -0.839. The normalized spacial score (nSPS) is 19.0. The predicted octanol–water partition coefficient (Wildman–Crippen LogP) is 4.84. The van der Waals surface area contributed by atoms with E-state index >= 15 is 8.78 Å². The Bertz CT molecular complexity index is 1700. The fourth-order valence-corrected chi connectivity index (χ4v) is 4.81. The monoisotopic (exact) mass is 530 g/mol. The fourth-order valence-electron chi connectivity index (χ4n) is 4.81. The summed E-state index contributed by atoms with van der Waals surface area (Å²) >= 11 is 0. The summed E-state index contributed by atoms with van der Waals surface area (Å²) in [6, 6.07) is 16.8. The number of imidazole rings is 1. The molecule has 3 aromatic carbocycles. The van der Waals surface area contributed by atoms with Crippen molar-refractivity contribution in [2.24, 2.45) is 0 Å². The van der Waals surface area contributed by atoms with E-state index in [4.69, 9.17) is 9.47 Å². The van der Waals surface area contributed by atoms with Crippen LogP contribution in [0, 0.1) is 11.6 Å². The van der Waals surface area contributed by atoms with E-state index in [9.17, 15) is 9.90 Å². The topological polar surface area (TPSA) is 113 Å². The number of H-pyrrole nitrogens is 2. The molecule has 0 bridgehead atoms. The second kappa shape index (κ2) is 10.0. The van der Waals surface area contributed by atoms with Crippen LogP contribution in [-0.2, 0) is 4.74 Å². The van der Waals surface area contributed by atoms with Gasteiger partial charge in [-0.2, -0.15) is 4.98 Å². The van der Waals surface area contributed by atoms with Crippen molar-refractivity contribution in [1.82, 2.24) is 19.9 Å². The first kappa shape index (κ1) is 24.9. The third-order valence-corrected chi connectivity index (χ3v) is 6.89. The Morgan fingerprint density at radius 3 is 2.31 bits per heavy atom. The molecule has 0 aliphatic carbocycles. The van der Waals surface area contributed by atoms with Gasteiger partial charge in [0.05, 0.1) is 23.8 Å². The minimum absolute atomic E-state index is 0.0153. The molecule has 1 saturated heterocycles. The van der Waals surface area contributed by atoms with Gasteiger partial charge in [0.25, 0.3) is 11.6 Å². The van der Waals surface area contributed by atoms with E-state index in [1.54, 1.807) is 24.3 Å². The second-order valence-corrected chi connectivity index (χ2v) is 9.35. The summed E-state index contributed by atoms with van der Waals surface area (Å²) in [5.41, 5.74) is 2.50. The highest BCUT2D eigenvalue weighted by Crippen LogP contribution is 2.34. The van der Waals surface area contributed by atoms with Crippen molar-refractivity contribution in [1.29, 1.82) is 0 Å². The maximum Gasteiger partial charge on any atom is 0.295 e. The molecule has 39 heavy (non-hydrogen) atoms. The Morgan fingerprint density at radius 1 is 1.00 bits per heavy atom. The quantitative estimate of drug-likeness (QED) is 0.290. The maximum absolute atomic E-state index is 15.5. The summed E-state index contributed by atoms with van der Waals surface area (Å²) in [7, 11) is 0. The van der Waals surface area contributed by atoms with Crippen LogP contribution in [-0.4, -0.2) is 50.0 Å². The molecule has 3 N–H and O–H groups in total. The van der Waals surface area contributed by atoms with Crippen molar-refractivity contribution in [2.75, 3.05) is 6.61 Å². The molecule has 0 radical (unpaired) electrons. The summed E-state index contributed by atoms with van der Waals surface area (Å²) in [6.07, 6.45) is 0.239. The zero-order valence-corrected chi connectivity index (χ0v) is 20.8. The summed E-state index contributed by atoms with van der Waals surface area (Å²) in [4.78, 5) is 25.4. The molecule has 1 aliphatic heterocycles. The third-order valence-electron chi connectivity index (χ3n) is 6.89. The number of nitrogens with one attached hydrogen (secondary N) is 2. The van der Waals surface area contributed by atoms with Crippen molar-refractivity contribution < 1.29 is 23.4 Å². The zero-order chi connectivity index (χ0) is 27.1. The first-order valence-corrected chi connectivity index (χ1v) is 12.5. The van der Waals surface area contributed by atoms with Crippen molar-refractivity contribution in [2.45, 2.75) is 31.7 Å². The summed E-state index contributed by atoms with van der Waals surface area (Å²) < 4.78 is 41.8. The summed E-state index contributed by atoms with van der Waals surface area (Å²) in [5.74, 6) is -1.09. The molecule has 0 saturated carbocycles. The molecule has 0 amide bonds. The zero-order valence-electron chi connectivity index (χ0n) is 20.8. The highest BCUT2D eigenvalue weighted by atomic mass is 19.1. The molecule has 2 aromatic heterocycles. The van der Waals surface area contributed by atoms with Crippen LogP contribution in [0.3, 0.4) is 0 Å². The first-order valence-electron chi connectivity index (χ1n) is 12.5. The number of aromatic nitrogens is 4. The summed E-state index contributed by atoms with van der Waals surface area (Å²) in [5, 5.41) is 10.3. The first-order chi connectivity index (χ1) is 18.9. The van der Waals surface area contributed by atoms with Crippen LogP contribution < -0.4 is 10.3 Å². The number of halogens is 2. The van der Waals surface area contributed by atoms with Crippen molar-refractivity contribution in [3.63, 3.8) is 0 Å². The molecular formula is C29H24F2N4O4. The van der Waals surface area contributed by atoms with Gasteiger partial charge in [-0.05, 0) is 23.1 Å². The number of aliphatic hydroxyl groups is 1. The third kappa shape index (κ3) is 4.68. The van der Waals surface area contributed by atoms with Crippen LogP contribution in [0.1, 0.15) is 13.3 Å². The van der Waals surface area contributed by atoms with E-state index in [0.717, 1.165) is 16.7 Å². The molecule has 3 atom stereocenters. The fraction of sp³-hybridized carbons (Fsp3) is 0.207. The van der Waals surface area contributed by atoms with Crippen LogP contribution in [0.2, 0.25) is 0 Å². The Labute approximate surface area is 221 Å². The lowest BCUT2D eigenvalue weighted by Crippen LogP contribution is -2.34. The van der Waals surface area contributed by atoms with Crippen LogP contribution in [0.5, 0.6) is 6.01 Å². The van der Waals surface area contributed by atoms with Crippen molar-refractivity contribution >= 4 is 11.0 Å². The van der Waals surface area contributed by atoms with Gasteiger partial charge in [-0.1, -0.05) is 55.5 Å². The number of aromatic amines is 2. The Balaban J connectivity index is 1.25. The largest absolute Gasteiger partial charge is 0.456 e. The van der Waals surface area contributed by atoms with E-state index in [1.807, 2.05) is 31.2 Å². The highest BCUT2D eigenvalue weighted by Gasteiger charge is 2.37. The number of hydrogen-bond donors (Lipinski definition) is 3. The molecule has 3 heterocycles. The van der Waals surface area contributed by atoms with Crippen molar-refractivity contribution in [3.8, 4) is 39.7 Å². The maximum atomic E-state index is 15.5. The van der Waals surface area contributed by atoms with Crippen LogP contribution >= 0.6 is 0 Å². The van der Waals surface area contributed by atoms with Crippen LogP contribution in [0.4, 0.5) is 8.78 Å². The minimum Gasteiger partial charge on any atom is -0.456 e. The van der Waals surface area contributed by atoms with Gasteiger partial charge in [0.2, 0.25) is 0 Å². The van der Waals surface area contributed by atoms with E-state index in [1.165, 1.54) is 18.3 Å². The SMILES string of the molecule is CC[C@H]1OC[C@@H](Oc2nc3c(F)c(-c4ccc(-c5ccc(-c6nccc(=O)[nH]6)cc5)cc4)c(F)cc3[nH]2)[C@@H]1O. The molecule has 10 heteroatoms. The molecule has 5 aromatic rings. The smallest absolute Gasteiger partial charge is 0.295 e. The molecule has 198 valence electrons. The van der Waals surface area contributed by atoms with Crippen molar-refractivity contribution in [3.05, 3.63) is 88.8 Å². The molecule has 1 aliphatic rings. The second-order valence-electron chi connectivity index (χ2n) is 9.35. The Hall–Kier alpha value is -4.41. The Kier molecular flexibility index (Phi) is 6.41.